The van der Waals surface area contributed by atoms with E-state index in [0.717, 1.165) is 17.1 Å². The minimum absolute atomic E-state index is 0.0533. The molecular weight excluding hydrogens is 374 g/mol. The van der Waals surface area contributed by atoms with E-state index in [0.29, 0.717) is 26.2 Å². The summed E-state index contributed by atoms with van der Waals surface area (Å²) in [6.07, 6.45) is 2.78. The van der Waals surface area contributed by atoms with Crippen molar-refractivity contribution in [2.24, 2.45) is 0 Å². The zero-order chi connectivity index (χ0) is 20.8. The van der Waals surface area contributed by atoms with Crippen LogP contribution in [0.3, 0.4) is 0 Å². The van der Waals surface area contributed by atoms with E-state index in [4.69, 9.17) is 14.6 Å². The zero-order valence-electron chi connectivity index (χ0n) is 15.5. The molecule has 1 rings (SSSR count). The van der Waals surface area contributed by atoms with Crippen LogP contribution in [0.4, 0.5) is 0 Å². The van der Waals surface area contributed by atoms with E-state index in [1.807, 2.05) is 0 Å². The first kappa shape index (κ1) is 23.2. The Morgan fingerprint density at radius 1 is 0.857 bits per heavy atom. The van der Waals surface area contributed by atoms with Gasteiger partial charge in [0.15, 0.2) is 0 Å². The summed E-state index contributed by atoms with van der Waals surface area (Å²) >= 11 is 0. The van der Waals surface area contributed by atoms with Crippen LogP contribution in [0.2, 0.25) is 0 Å². The van der Waals surface area contributed by atoms with Gasteiger partial charge in [0.2, 0.25) is 11.8 Å². The fraction of sp³-hybridized carbons (Fsp3) is 0.588. The first-order valence-electron chi connectivity index (χ1n) is 8.84. The van der Waals surface area contributed by atoms with Crippen molar-refractivity contribution in [3.05, 3.63) is 12.2 Å². The number of carbonyl (C=O) groups excluding carboxylic acids is 4. The molecule has 0 saturated carbocycles. The molecule has 0 aromatic heterocycles. The van der Waals surface area contributed by atoms with E-state index in [2.05, 4.69) is 10.6 Å². The van der Waals surface area contributed by atoms with Gasteiger partial charge in [-0.3, -0.25) is 28.9 Å². The number of imide groups is 1. The van der Waals surface area contributed by atoms with Crippen LogP contribution in [0.5, 0.6) is 0 Å². The van der Waals surface area contributed by atoms with Crippen molar-refractivity contribution < 1.29 is 38.6 Å². The fourth-order valence-electron chi connectivity index (χ4n) is 2.10. The van der Waals surface area contributed by atoms with Gasteiger partial charge in [0.05, 0.1) is 32.8 Å². The highest BCUT2D eigenvalue weighted by atomic mass is 16.5. The average molecular weight is 399 g/mol. The van der Waals surface area contributed by atoms with Gasteiger partial charge in [0.1, 0.15) is 6.54 Å². The lowest BCUT2D eigenvalue weighted by molar-refractivity contribution is -0.141. The molecule has 0 atom stereocenters. The molecule has 0 aliphatic carbocycles. The highest BCUT2D eigenvalue weighted by Gasteiger charge is 2.25. The number of aliphatic carboxylic acids is 1. The molecule has 0 bridgehead atoms. The average Bonchev–Trinajstić information content (AvgIpc) is 2.95. The summed E-state index contributed by atoms with van der Waals surface area (Å²) in [5.41, 5.74) is 0. The number of nitrogens with zero attached hydrogens (tertiary/aromatic N) is 1. The molecule has 28 heavy (non-hydrogen) atoms. The van der Waals surface area contributed by atoms with Crippen LogP contribution in [0.1, 0.15) is 19.3 Å². The number of ether oxygens (including phenoxy) is 2. The van der Waals surface area contributed by atoms with Crippen molar-refractivity contribution >= 4 is 29.6 Å². The quantitative estimate of drug-likeness (QED) is 0.221. The van der Waals surface area contributed by atoms with E-state index in [1.54, 1.807) is 0 Å². The highest BCUT2D eigenvalue weighted by Crippen LogP contribution is 2.02. The Morgan fingerprint density at radius 2 is 1.46 bits per heavy atom. The lowest BCUT2D eigenvalue weighted by atomic mass is 10.3. The van der Waals surface area contributed by atoms with Crippen LogP contribution < -0.4 is 10.6 Å². The largest absolute Gasteiger partial charge is 0.481 e. The predicted molar refractivity (Wildman–Crippen MR) is 95.0 cm³/mol. The molecule has 0 radical (unpaired) electrons. The van der Waals surface area contributed by atoms with E-state index in [-0.39, 0.29) is 45.1 Å². The molecule has 156 valence electrons. The monoisotopic (exact) mass is 399 g/mol. The molecule has 11 nitrogen and oxygen atoms in total. The van der Waals surface area contributed by atoms with Gasteiger partial charge in [-0.2, -0.15) is 0 Å². The maximum absolute atomic E-state index is 11.7. The van der Waals surface area contributed by atoms with E-state index in [9.17, 15) is 24.0 Å². The minimum Gasteiger partial charge on any atom is -0.481 e. The van der Waals surface area contributed by atoms with Gasteiger partial charge < -0.3 is 25.2 Å². The number of carbonyl (C=O) groups is 5. The second kappa shape index (κ2) is 13.4. The molecule has 0 spiro atoms. The van der Waals surface area contributed by atoms with Crippen molar-refractivity contribution in [1.82, 2.24) is 15.5 Å². The molecule has 0 aromatic rings. The Balaban J connectivity index is 1.92. The van der Waals surface area contributed by atoms with Crippen molar-refractivity contribution in [2.75, 3.05) is 46.1 Å². The Kier molecular flexibility index (Phi) is 11.1. The third-order valence-corrected chi connectivity index (χ3v) is 3.51. The van der Waals surface area contributed by atoms with Gasteiger partial charge in [-0.15, -0.1) is 0 Å². The smallest absolute Gasteiger partial charge is 0.305 e. The van der Waals surface area contributed by atoms with Gasteiger partial charge in [0.25, 0.3) is 11.8 Å². The predicted octanol–water partition coefficient (Wildman–Crippen LogP) is -1.57. The SMILES string of the molecule is O=C(O)CCOCCOCCNC(=O)CCCNC(=O)CN1C(=O)C=CC1=O. The molecule has 0 aromatic carbocycles. The molecule has 3 N–H and O–H groups in total. The minimum atomic E-state index is -0.919. The fourth-order valence-corrected chi connectivity index (χ4v) is 2.10. The number of carboxylic acids is 1. The number of amides is 4. The zero-order valence-corrected chi connectivity index (χ0v) is 15.5. The number of carboxylic acid groups (broad SMARTS) is 1. The Bertz CT molecular complexity index is 587. The summed E-state index contributed by atoms with van der Waals surface area (Å²) in [6.45, 7) is 1.26. The Morgan fingerprint density at radius 3 is 2.11 bits per heavy atom. The number of hydrogen-bond donors (Lipinski definition) is 3. The Hall–Kier alpha value is -2.79. The van der Waals surface area contributed by atoms with Crippen LogP contribution in [-0.2, 0) is 33.4 Å². The van der Waals surface area contributed by atoms with Crippen LogP contribution in [0.25, 0.3) is 0 Å². The molecule has 0 unspecified atom stereocenters. The van der Waals surface area contributed by atoms with Crippen LogP contribution in [-0.4, -0.2) is 85.7 Å². The van der Waals surface area contributed by atoms with Crippen molar-refractivity contribution in [3.8, 4) is 0 Å². The molecule has 1 aliphatic rings. The lowest BCUT2D eigenvalue weighted by Crippen LogP contribution is -2.40. The molecular formula is C17H25N3O8. The van der Waals surface area contributed by atoms with Gasteiger partial charge in [-0.25, -0.2) is 0 Å². The molecule has 4 amide bonds. The summed E-state index contributed by atoms with van der Waals surface area (Å²) < 4.78 is 10.3. The van der Waals surface area contributed by atoms with Crippen LogP contribution >= 0.6 is 0 Å². The number of rotatable bonds is 15. The van der Waals surface area contributed by atoms with Crippen molar-refractivity contribution in [1.29, 1.82) is 0 Å². The first-order chi connectivity index (χ1) is 13.4. The summed E-state index contributed by atoms with van der Waals surface area (Å²) in [5.74, 6) is -2.62. The maximum Gasteiger partial charge on any atom is 0.305 e. The molecule has 0 fully saturated rings. The van der Waals surface area contributed by atoms with Gasteiger partial charge in [-0.1, -0.05) is 0 Å². The van der Waals surface area contributed by atoms with Crippen LogP contribution in [0, 0.1) is 0 Å². The normalized spacial score (nSPS) is 13.1. The molecule has 1 heterocycles. The van der Waals surface area contributed by atoms with Gasteiger partial charge in [0, 0.05) is 31.7 Å². The summed E-state index contributed by atoms with van der Waals surface area (Å²) in [5, 5.41) is 13.6. The second-order valence-corrected chi connectivity index (χ2v) is 5.77. The van der Waals surface area contributed by atoms with Crippen molar-refractivity contribution in [3.63, 3.8) is 0 Å². The van der Waals surface area contributed by atoms with E-state index >= 15 is 0 Å². The maximum atomic E-state index is 11.7. The highest BCUT2D eigenvalue weighted by molar-refractivity contribution is 6.14. The summed E-state index contributed by atoms with van der Waals surface area (Å²) in [7, 11) is 0. The summed E-state index contributed by atoms with van der Waals surface area (Å²) in [4.78, 5) is 57.0. The first-order valence-corrected chi connectivity index (χ1v) is 8.84. The Labute approximate surface area is 162 Å². The van der Waals surface area contributed by atoms with Gasteiger partial charge in [-0.05, 0) is 6.42 Å². The second-order valence-electron chi connectivity index (χ2n) is 5.77. The number of nitrogens with one attached hydrogen (secondary N) is 2. The van der Waals surface area contributed by atoms with Gasteiger partial charge >= 0.3 is 5.97 Å². The molecule has 1 aliphatic heterocycles. The van der Waals surface area contributed by atoms with Crippen molar-refractivity contribution in [2.45, 2.75) is 19.3 Å². The summed E-state index contributed by atoms with van der Waals surface area (Å²) in [6, 6.07) is 0. The standard InChI is InChI=1S/C17H25N3O8/c21-13(19-7-9-28-11-10-27-8-5-17(25)26)2-1-6-18-14(22)12-20-15(23)3-4-16(20)24/h3-4H,1-2,5-12H2,(H,18,22)(H,19,21)(H,25,26). The third-order valence-electron chi connectivity index (χ3n) is 3.51. The van der Waals surface area contributed by atoms with E-state index < -0.39 is 23.7 Å². The molecule has 11 heteroatoms. The topological polar surface area (TPSA) is 151 Å². The number of hydrogen-bond acceptors (Lipinski definition) is 7. The lowest BCUT2D eigenvalue weighted by Gasteiger charge is -2.13. The molecule has 0 saturated heterocycles. The van der Waals surface area contributed by atoms with E-state index in [1.165, 1.54) is 0 Å². The third kappa shape index (κ3) is 10.4. The van der Waals surface area contributed by atoms with Crippen LogP contribution in [0.15, 0.2) is 12.2 Å².